The van der Waals surface area contributed by atoms with Crippen LogP contribution < -0.4 is 11.1 Å². The number of hydrogen-bond acceptors (Lipinski definition) is 2. The fraction of sp³-hybridized carbons (Fsp3) is 1.00. The summed E-state index contributed by atoms with van der Waals surface area (Å²) in [6.07, 6.45) is 10.9. The third kappa shape index (κ3) is 10.4. The van der Waals surface area contributed by atoms with Crippen LogP contribution in [0, 0.1) is 0 Å². The second kappa shape index (κ2) is 11.4. The largest absolute Gasteiger partial charge is 0.329 e. The minimum Gasteiger partial charge on any atom is -0.329 e. The van der Waals surface area contributed by atoms with Gasteiger partial charge in [-0.25, -0.2) is 0 Å². The summed E-state index contributed by atoms with van der Waals surface area (Å²) >= 11 is 0. The van der Waals surface area contributed by atoms with Crippen molar-refractivity contribution in [2.45, 2.75) is 84.2 Å². The van der Waals surface area contributed by atoms with E-state index in [0.29, 0.717) is 12.1 Å². The van der Waals surface area contributed by atoms with E-state index in [2.05, 4.69) is 26.1 Å². The monoisotopic (exact) mass is 228 g/mol. The average molecular weight is 228 g/mol. The zero-order chi connectivity index (χ0) is 12.2. The summed E-state index contributed by atoms with van der Waals surface area (Å²) in [5.41, 5.74) is 5.74. The van der Waals surface area contributed by atoms with Crippen molar-refractivity contribution < 1.29 is 0 Å². The first kappa shape index (κ1) is 15.9. The maximum atomic E-state index is 5.74. The van der Waals surface area contributed by atoms with Crippen LogP contribution in [0.3, 0.4) is 0 Å². The molecule has 0 aliphatic carbocycles. The normalized spacial score (nSPS) is 13.3. The maximum absolute atomic E-state index is 5.74. The molecule has 2 nitrogen and oxygen atoms in total. The number of nitrogens with two attached hydrogens (primary N) is 1. The molecular weight excluding hydrogens is 196 g/mol. The molecule has 0 radical (unpaired) electrons. The predicted octanol–water partition coefficient (Wildman–Crippen LogP) is 3.45. The van der Waals surface area contributed by atoms with Gasteiger partial charge in [0, 0.05) is 18.6 Å². The zero-order valence-corrected chi connectivity index (χ0v) is 11.6. The van der Waals surface area contributed by atoms with Gasteiger partial charge in [0.2, 0.25) is 0 Å². The van der Waals surface area contributed by atoms with Crippen molar-refractivity contribution >= 4 is 0 Å². The Balaban J connectivity index is 3.27. The lowest BCUT2D eigenvalue weighted by atomic mass is 10.0. The Morgan fingerprint density at radius 1 is 0.938 bits per heavy atom. The van der Waals surface area contributed by atoms with E-state index in [-0.39, 0.29) is 0 Å². The van der Waals surface area contributed by atoms with Gasteiger partial charge in [0.1, 0.15) is 0 Å². The van der Waals surface area contributed by atoms with Gasteiger partial charge in [-0.2, -0.15) is 0 Å². The summed E-state index contributed by atoms with van der Waals surface area (Å²) in [4.78, 5) is 0. The maximum Gasteiger partial charge on any atom is 0.0192 e. The summed E-state index contributed by atoms with van der Waals surface area (Å²) in [6.45, 7) is 7.41. The molecule has 98 valence electrons. The van der Waals surface area contributed by atoms with E-state index in [0.717, 1.165) is 6.54 Å². The van der Waals surface area contributed by atoms with Gasteiger partial charge in [-0.1, -0.05) is 65.7 Å². The van der Waals surface area contributed by atoms with Gasteiger partial charge >= 0.3 is 0 Å². The van der Waals surface area contributed by atoms with E-state index in [1.54, 1.807) is 0 Å². The van der Waals surface area contributed by atoms with E-state index in [1.807, 2.05) is 0 Å². The number of rotatable bonds is 11. The van der Waals surface area contributed by atoms with Crippen LogP contribution in [0.2, 0.25) is 0 Å². The predicted molar refractivity (Wildman–Crippen MR) is 73.7 cm³/mol. The number of nitrogens with one attached hydrogen (secondary N) is 1. The zero-order valence-electron chi connectivity index (χ0n) is 11.6. The summed E-state index contributed by atoms with van der Waals surface area (Å²) < 4.78 is 0. The fourth-order valence-electron chi connectivity index (χ4n) is 2.09. The highest BCUT2D eigenvalue weighted by Gasteiger charge is 2.06. The summed E-state index contributed by atoms with van der Waals surface area (Å²) in [6, 6.07) is 1.08. The van der Waals surface area contributed by atoms with Crippen LogP contribution in [-0.2, 0) is 0 Å². The highest BCUT2D eigenvalue weighted by atomic mass is 15.0. The number of hydrogen-bond donors (Lipinski definition) is 2. The highest BCUT2D eigenvalue weighted by molar-refractivity contribution is 4.69. The van der Waals surface area contributed by atoms with Crippen LogP contribution in [0.4, 0.5) is 0 Å². The molecule has 0 aromatic heterocycles. The Kier molecular flexibility index (Phi) is 11.3. The van der Waals surface area contributed by atoms with E-state index in [1.165, 1.54) is 51.4 Å². The molecule has 3 N–H and O–H groups in total. The molecule has 0 amide bonds. The summed E-state index contributed by atoms with van der Waals surface area (Å²) in [5.74, 6) is 0. The molecule has 16 heavy (non-hydrogen) atoms. The van der Waals surface area contributed by atoms with Crippen LogP contribution >= 0.6 is 0 Å². The Bertz CT molecular complexity index is 135. The molecule has 0 aliphatic heterocycles. The fourth-order valence-corrected chi connectivity index (χ4v) is 2.09. The van der Waals surface area contributed by atoms with E-state index < -0.39 is 0 Å². The van der Waals surface area contributed by atoms with Crippen LogP contribution in [0.15, 0.2) is 0 Å². The lowest BCUT2D eigenvalue weighted by molar-refractivity contribution is 0.425. The van der Waals surface area contributed by atoms with Crippen molar-refractivity contribution in [2.24, 2.45) is 5.73 Å². The van der Waals surface area contributed by atoms with Crippen molar-refractivity contribution in [1.29, 1.82) is 0 Å². The van der Waals surface area contributed by atoms with Gasteiger partial charge in [0.05, 0.1) is 0 Å². The van der Waals surface area contributed by atoms with Crippen molar-refractivity contribution in [3.8, 4) is 0 Å². The van der Waals surface area contributed by atoms with Crippen molar-refractivity contribution in [2.75, 3.05) is 6.54 Å². The first-order chi connectivity index (χ1) is 7.70. The molecule has 0 saturated carbocycles. The molecule has 0 saturated heterocycles. The molecule has 0 aliphatic rings. The first-order valence-corrected chi connectivity index (χ1v) is 7.16. The van der Waals surface area contributed by atoms with E-state index in [9.17, 15) is 0 Å². The van der Waals surface area contributed by atoms with Gasteiger partial charge in [-0.3, -0.25) is 0 Å². The standard InChI is InChI=1S/C14H32N2/c1-4-5-6-7-8-9-10-11-14(12-15)16-13(2)3/h13-14,16H,4-12,15H2,1-3H3. The number of unbranched alkanes of at least 4 members (excludes halogenated alkanes) is 6. The topological polar surface area (TPSA) is 38.0 Å². The second-order valence-electron chi connectivity index (χ2n) is 5.16. The summed E-state index contributed by atoms with van der Waals surface area (Å²) in [5, 5.41) is 3.52. The Labute approximate surface area is 102 Å². The van der Waals surface area contributed by atoms with E-state index in [4.69, 9.17) is 5.73 Å². The van der Waals surface area contributed by atoms with Gasteiger partial charge in [-0.15, -0.1) is 0 Å². The van der Waals surface area contributed by atoms with Crippen LogP contribution in [-0.4, -0.2) is 18.6 Å². The lowest BCUT2D eigenvalue weighted by Crippen LogP contribution is -2.40. The van der Waals surface area contributed by atoms with Gasteiger partial charge < -0.3 is 11.1 Å². The molecule has 0 rings (SSSR count). The Hall–Kier alpha value is -0.0800. The van der Waals surface area contributed by atoms with Crippen molar-refractivity contribution in [3.05, 3.63) is 0 Å². The average Bonchev–Trinajstić information content (AvgIpc) is 2.25. The quantitative estimate of drug-likeness (QED) is 0.532. The van der Waals surface area contributed by atoms with Gasteiger partial charge in [0.25, 0.3) is 0 Å². The second-order valence-corrected chi connectivity index (χ2v) is 5.16. The first-order valence-electron chi connectivity index (χ1n) is 7.16. The molecule has 0 bridgehead atoms. The third-order valence-corrected chi connectivity index (χ3v) is 3.01. The molecule has 1 unspecified atom stereocenters. The van der Waals surface area contributed by atoms with Gasteiger partial charge in [0.15, 0.2) is 0 Å². The van der Waals surface area contributed by atoms with Gasteiger partial charge in [-0.05, 0) is 6.42 Å². The Morgan fingerprint density at radius 3 is 2.00 bits per heavy atom. The minimum atomic E-state index is 0.524. The molecule has 1 atom stereocenters. The van der Waals surface area contributed by atoms with Crippen LogP contribution in [0.1, 0.15) is 72.1 Å². The molecule has 0 fully saturated rings. The molecule has 2 heteroatoms. The highest BCUT2D eigenvalue weighted by Crippen LogP contribution is 2.09. The molecule has 0 aromatic rings. The van der Waals surface area contributed by atoms with Crippen LogP contribution in [0.5, 0.6) is 0 Å². The molecular formula is C14H32N2. The third-order valence-electron chi connectivity index (χ3n) is 3.01. The SMILES string of the molecule is CCCCCCCCCC(CN)NC(C)C. The van der Waals surface area contributed by atoms with Crippen molar-refractivity contribution in [3.63, 3.8) is 0 Å². The lowest BCUT2D eigenvalue weighted by Gasteiger charge is -2.19. The molecule has 0 spiro atoms. The van der Waals surface area contributed by atoms with Crippen molar-refractivity contribution in [1.82, 2.24) is 5.32 Å². The smallest absolute Gasteiger partial charge is 0.0192 e. The van der Waals surface area contributed by atoms with E-state index >= 15 is 0 Å². The molecule has 0 aromatic carbocycles. The minimum absolute atomic E-state index is 0.524. The molecule has 0 heterocycles. The van der Waals surface area contributed by atoms with Crippen LogP contribution in [0.25, 0.3) is 0 Å². The summed E-state index contributed by atoms with van der Waals surface area (Å²) in [7, 11) is 0. The Morgan fingerprint density at radius 2 is 1.50 bits per heavy atom.